The van der Waals surface area contributed by atoms with Gasteiger partial charge < -0.3 is 39.2 Å². The zero-order valence-electron chi connectivity index (χ0n) is 51.2. The summed E-state index contributed by atoms with van der Waals surface area (Å²) >= 11 is 14.2. The van der Waals surface area contributed by atoms with Crippen LogP contribution in [0.1, 0.15) is 44.5 Å². The number of hydrogen-bond donors (Lipinski definition) is 3. The summed E-state index contributed by atoms with van der Waals surface area (Å²) < 4.78 is 0. The number of hydrogen-bond acceptors (Lipinski definition) is 11. The summed E-state index contributed by atoms with van der Waals surface area (Å²) in [6.45, 7) is 7.94. The summed E-state index contributed by atoms with van der Waals surface area (Å²) in [4.78, 5) is 17.9. The van der Waals surface area contributed by atoms with Crippen molar-refractivity contribution in [1.29, 1.82) is 0 Å². The highest BCUT2D eigenvalue weighted by atomic mass is 32.1. The maximum absolute atomic E-state index is 4.84. The first-order valence-corrected chi connectivity index (χ1v) is 34.0. The minimum absolute atomic E-state index is 0.396. The van der Waals surface area contributed by atoms with Gasteiger partial charge >= 0.3 is 0 Å². The van der Waals surface area contributed by atoms with Crippen molar-refractivity contribution in [2.45, 2.75) is 52.1 Å². The first-order valence-electron chi connectivity index (χ1n) is 27.5. The quantitative estimate of drug-likeness (QED) is 0.0347. The van der Waals surface area contributed by atoms with Crippen molar-refractivity contribution in [3.8, 4) is 0 Å². The van der Waals surface area contributed by atoms with E-state index in [0.717, 1.165) is 81.7 Å². The Kier molecular flexibility index (Phi) is 31.5. The van der Waals surface area contributed by atoms with Crippen LogP contribution in [0.5, 0.6) is 0 Å². The number of thiol groups is 3. The molecule has 0 bridgehead atoms. The Morgan fingerprint density at radius 1 is 0.253 bits per heavy atom. The molecular weight excluding hydrogens is 1080 g/mol. The lowest BCUT2D eigenvalue weighted by atomic mass is 10.1. The molecule has 0 heterocycles. The van der Waals surface area contributed by atoms with E-state index in [1.165, 1.54) is 76.3 Å². The second-order valence-electron chi connectivity index (χ2n) is 22.9. The van der Waals surface area contributed by atoms with Crippen molar-refractivity contribution in [3.63, 3.8) is 0 Å². The molecule has 0 aliphatic rings. The molecule has 0 radical (unpaired) electrons. The van der Waals surface area contributed by atoms with E-state index < -0.39 is 23.8 Å². The number of nitrogens with zero attached hydrogens (tertiary/aromatic N) is 8. The van der Waals surface area contributed by atoms with Crippen LogP contribution in [0.15, 0.2) is 133 Å². The van der Waals surface area contributed by atoms with E-state index in [0.29, 0.717) is 0 Å². The molecule has 6 rings (SSSR count). The predicted molar refractivity (Wildman–Crippen MR) is 368 cm³/mol. The van der Waals surface area contributed by atoms with Gasteiger partial charge in [0.2, 0.25) is 0 Å². The van der Waals surface area contributed by atoms with E-state index in [2.05, 4.69) is 311 Å². The Morgan fingerprint density at radius 2 is 0.468 bits per heavy atom. The smallest absolute Gasteiger partial charge is 0.0227 e. The van der Waals surface area contributed by atoms with Crippen molar-refractivity contribution in [1.82, 2.24) is 39.2 Å². The molecule has 79 heavy (non-hydrogen) atoms. The average molecular weight is 1180 g/mol. The average Bonchev–Trinajstić information content (AvgIpc) is 3.36. The summed E-state index contributed by atoms with van der Waals surface area (Å²) in [7, 11) is 32.7. The summed E-state index contributed by atoms with van der Waals surface area (Å²) in [5.41, 5.74) is 13.7. The van der Waals surface area contributed by atoms with Crippen LogP contribution in [0.4, 0.5) is 0 Å². The van der Waals surface area contributed by atoms with Crippen LogP contribution in [0, 0.1) is 0 Å². The number of likely N-dealkylation sites (N-methyl/N-ethyl adjacent to an activating group) is 2. The lowest BCUT2D eigenvalue weighted by Gasteiger charge is -2.23. The fraction of sp³-hybridized carbons (Fsp3) is 0.446. The van der Waals surface area contributed by atoms with Gasteiger partial charge in [0.25, 0.3) is 0 Å². The van der Waals surface area contributed by atoms with Gasteiger partial charge in [-0.1, -0.05) is 97.1 Å². The molecule has 432 valence electrons. The molecule has 0 saturated heterocycles. The molecule has 8 nitrogen and oxygen atoms in total. The largest absolute Gasteiger partial charge is 0.309 e. The second kappa shape index (κ2) is 36.1. The highest BCUT2D eigenvalue weighted by Crippen LogP contribution is 2.38. The van der Waals surface area contributed by atoms with Crippen LogP contribution in [-0.2, 0) is 52.1 Å². The summed E-state index contributed by atoms with van der Waals surface area (Å²) in [5.74, 6) is 0. The zero-order chi connectivity index (χ0) is 58.2. The van der Waals surface area contributed by atoms with Gasteiger partial charge in [-0.15, -0.1) is 0 Å². The van der Waals surface area contributed by atoms with Crippen LogP contribution in [-0.4, -0.2) is 182 Å². The molecule has 6 aromatic rings. The van der Waals surface area contributed by atoms with Crippen molar-refractivity contribution < 1.29 is 0 Å². The summed E-state index contributed by atoms with van der Waals surface area (Å²) in [5, 5.41) is 8.56. The Hall–Kier alpha value is -2.66. The highest BCUT2D eigenvalue weighted by Gasteiger charge is 2.19. The predicted octanol–water partition coefficient (Wildman–Crippen LogP) is 9.60. The van der Waals surface area contributed by atoms with E-state index in [9.17, 15) is 0 Å². The molecule has 0 N–H and O–H groups in total. The zero-order valence-corrected chi connectivity index (χ0v) is 56.5. The first-order chi connectivity index (χ1) is 37.5. The van der Waals surface area contributed by atoms with E-state index >= 15 is 0 Å². The maximum Gasteiger partial charge on any atom is 0.0227 e. The number of rotatable bonds is 27. The lowest BCUT2D eigenvalue weighted by molar-refractivity contribution is 0.396. The maximum atomic E-state index is 4.84. The van der Waals surface area contributed by atoms with Gasteiger partial charge in [-0.3, -0.25) is 0 Å². The monoisotopic (exact) mass is 1180 g/mol. The molecule has 0 unspecified atom stereocenters. The minimum Gasteiger partial charge on any atom is -0.309 e. The van der Waals surface area contributed by atoms with Crippen LogP contribution in [0.3, 0.4) is 0 Å². The third-order valence-electron chi connectivity index (χ3n) is 12.7. The van der Waals surface area contributed by atoms with Crippen LogP contribution < -0.4 is 31.8 Å². The molecular formula is C65H99N8P3S3. The molecule has 0 atom stereocenters. The molecule has 0 amide bonds. The SMILES string of the molecule is CN(C)CCc1cccc(P(CS)c2cccc(CCN(C)C)c2)c1.CN(C)Cc1cc(CN(C)C)cc(P(CS)c2cc(CN(C)C)cc(CN(C)C)c2)c1.CN(C)Cc1cccc(P(CS)c2cccc(CN(C)C)c2)c1. The molecule has 0 saturated carbocycles. The minimum atomic E-state index is -0.523. The van der Waals surface area contributed by atoms with Crippen molar-refractivity contribution in [2.75, 3.05) is 142 Å². The van der Waals surface area contributed by atoms with Crippen LogP contribution in [0.25, 0.3) is 0 Å². The lowest BCUT2D eigenvalue weighted by Crippen LogP contribution is -2.21. The third-order valence-corrected chi connectivity index (χ3v) is 21.5. The van der Waals surface area contributed by atoms with Gasteiger partial charge in [-0.05, 0) is 262 Å². The van der Waals surface area contributed by atoms with Gasteiger partial charge in [0.1, 0.15) is 0 Å². The third kappa shape index (κ3) is 25.8. The molecule has 6 aromatic carbocycles. The fourth-order valence-corrected chi connectivity index (χ4v) is 17.9. The Morgan fingerprint density at radius 3 is 0.709 bits per heavy atom. The molecule has 0 aliphatic carbocycles. The Balaban J connectivity index is 0.000000259. The Labute approximate surface area is 501 Å². The van der Waals surface area contributed by atoms with Gasteiger partial charge in [-0.2, -0.15) is 37.9 Å². The van der Waals surface area contributed by atoms with E-state index in [4.69, 9.17) is 12.6 Å². The van der Waals surface area contributed by atoms with Gasteiger partial charge in [0, 0.05) is 68.8 Å². The van der Waals surface area contributed by atoms with E-state index in [-0.39, 0.29) is 0 Å². The standard InChI is InChI=1S/C25H41N4PS.C21H31N2PS.C19H27N2PS/c1-26(2)15-20-9-21(16-27(3)4)12-24(11-20)30(19-31)25-13-22(17-28(5)6)10-23(14-25)18-29(7)8;1-22(2)13-11-18-7-5-9-20(15-18)24(17-25)21-10-6-8-19(16-21)12-14-23(3)4;1-20(2)13-16-7-5-9-18(11-16)22(15-23)19-10-6-8-17(12-19)14-21(3)4/h9-14,31H,15-19H2,1-8H3;5-10,15-16,25H,11-14,17H2,1-4H3;5-12,23H,13-15H2,1-4H3. The van der Waals surface area contributed by atoms with Crippen LogP contribution in [0.2, 0.25) is 0 Å². The topological polar surface area (TPSA) is 25.9 Å². The van der Waals surface area contributed by atoms with E-state index in [1.54, 1.807) is 0 Å². The van der Waals surface area contributed by atoms with Crippen molar-refractivity contribution in [3.05, 3.63) is 178 Å². The van der Waals surface area contributed by atoms with Gasteiger partial charge in [0.05, 0.1) is 0 Å². The number of benzene rings is 6. The summed E-state index contributed by atoms with van der Waals surface area (Å²) in [6.07, 6.45) is 2.19. The Bertz CT molecular complexity index is 2470. The molecule has 0 spiro atoms. The molecule has 0 aliphatic heterocycles. The normalized spacial score (nSPS) is 11.9. The van der Waals surface area contributed by atoms with Gasteiger partial charge in [0.15, 0.2) is 0 Å². The fourth-order valence-electron chi connectivity index (χ4n) is 9.40. The second-order valence-corrected chi connectivity index (χ2v) is 32.0. The highest BCUT2D eigenvalue weighted by molar-refractivity contribution is 7.94. The first kappa shape index (κ1) is 68.8. The molecule has 0 fully saturated rings. The molecule has 0 aromatic heterocycles. The summed E-state index contributed by atoms with van der Waals surface area (Å²) in [6, 6.07) is 50.5. The van der Waals surface area contributed by atoms with Crippen molar-refractivity contribution in [2.24, 2.45) is 0 Å². The van der Waals surface area contributed by atoms with E-state index in [1.807, 2.05) is 0 Å². The molecule has 14 heteroatoms. The van der Waals surface area contributed by atoms with Crippen molar-refractivity contribution >= 4 is 93.5 Å². The van der Waals surface area contributed by atoms with Crippen LogP contribution >= 0.6 is 61.7 Å². The van der Waals surface area contributed by atoms with Gasteiger partial charge in [-0.25, -0.2) is 0 Å².